The van der Waals surface area contributed by atoms with Crippen molar-refractivity contribution in [1.29, 1.82) is 0 Å². The number of ether oxygens (including phenoxy) is 1. The molecular formula is C12H23NO3. The zero-order chi connectivity index (χ0) is 12.6. The maximum Gasteiger partial charge on any atom is 0.252 e. The number of hydrogen-bond donors (Lipinski definition) is 1. The Hall–Kier alpha value is -0.870. The zero-order valence-electron chi connectivity index (χ0n) is 10.7. The quantitative estimate of drug-likeness (QED) is 0.718. The lowest BCUT2D eigenvalue weighted by atomic mass is 10.1. The molecule has 0 atom stereocenters. The molecule has 4 heteroatoms. The van der Waals surface area contributed by atoms with E-state index in [0.29, 0.717) is 19.1 Å². The normalized spacial score (nSPS) is 12.0. The molecule has 1 N–H and O–H groups in total. The molecule has 0 heterocycles. The summed E-state index contributed by atoms with van der Waals surface area (Å²) >= 11 is 0. The molecule has 0 spiro atoms. The van der Waals surface area contributed by atoms with Gasteiger partial charge in [-0.25, -0.2) is 0 Å². The van der Waals surface area contributed by atoms with Crippen LogP contribution in [0.4, 0.5) is 0 Å². The lowest BCUT2D eigenvalue weighted by Crippen LogP contribution is -2.31. The number of allylic oxidation sites excluding steroid dienone is 1. The predicted molar refractivity (Wildman–Crippen MR) is 63.9 cm³/mol. The van der Waals surface area contributed by atoms with E-state index in [0.717, 1.165) is 12.0 Å². The van der Waals surface area contributed by atoms with E-state index in [9.17, 15) is 4.79 Å². The van der Waals surface area contributed by atoms with Gasteiger partial charge < -0.3 is 14.7 Å². The largest absolute Gasteiger partial charge is 0.387 e. The lowest BCUT2D eigenvalue weighted by Gasteiger charge is -2.18. The van der Waals surface area contributed by atoms with E-state index in [1.165, 1.54) is 4.90 Å². The molecule has 0 aromatic heterocycles. The molecule has 0 aliphatic rings. The van der Waals surface area contributed by atoms with Crippen molar-refractivity contribution < 1.29 is 14.6 Å². The summed E-state index contributed by atoms with van der Waals surface area (Å²) < 4.78 is 4.92. The monoisotopic (exact) mass is 229 g/mol. The maximum absolute atomic E-state index is 11.4. The summed E-state index contributed by atoms with van der Waals surface area (Å²) in [7, 11) is 1.59. The molecule has 0 saturated heterocycles. The van der Waals surface area contributed by atoms with Gasteiger partial charge >= 0.3 is 0 Å². The first-order valence-corrected chi connectivity index (χ1v) is 5.57. The van der Waals surface area contributed by atoms with Crippen LogP contribution in [0.3, 0.4) is 0 Å². The molecule has 0 aromatic rings. The second-order valence-electron chi connectivity index (χ2n) is 4.31. The van der Waals surface area contributed by atoms with E-state index in [1.54, 1.807) is 13.3 Å². The van der Waals surface area contributed by atoms with E-state index >= 15 is 0 Å². The van der Waals surface area contributed by atoms with E-state index in [-0.39, 0.29) is 5.91 Å². The standard InChI is InChI=1S/C12H23NO3/c1-10(2)7-11(3)8-13(5-6-16-4)12(15)9-14/h8,10,14H,5-7,9H2,1-4H3. The van der Waals surface area contributed by atoms with E-state index in [1.807, 2.05) is 6.92 Å². The molecule has 16 heavy (non-hydrogen) atoms. The number of amides is 1. The van der Waals surface area contributed by atoms with Gasteiger partial charge in [0.1, 0.15) is 6.61 Å². The fraction of sp³-hybridized carbons (Fsp3) is 0.750. The number of nitrogens with zero attached hydrogens (tertiary/aromatic N) is 1. The third-order valence-corrected chi connectivity index (χ3v) is 2.10. The van der Waals surface area contributed by atoms with Crippen LogP contribution >= 0.6 is 0 Å². The highest BCUT2D eigenvalue weighted by Crippen LogP contribution is 2.10. The van der Waals surface area contributed by atoms with Crippen LogP contribution in [0.2, 0.25) is 0 Å². The molecule has 0 aliphatic heterocycles. The van der Waals surface area contributed by atoms with Crippen LogP contribution in [-0.4, -0.2) is 42.8 Å². The van der Waals surface area contributed by atoms with Gasteiger partial charge in [0.15, 0.2) is 0 Å². The first kappa shape index (κ1) is 15.1. The van der Waals surface area contributed by atoms with Crippen LogP contribution in [0.25, 0.3) is 0 Å². The maximum atomic E-state index is 11.4. The predicted octanol–water partition coefficient (Wildman–Crippen LogP) is 1.40. The van der Waals surface area contributed by atoms with Crippen molar-refractivity contribution in [3.63, 3.8) is 0 Å². The van der Waals surface area contributed by atoms with Gasteiger partial charge in [-0.05, 0) is 19.3 Å². The van der Waals surface area contributed by atoms with Crippen LogP contribution < -0.4 is 0 Å². The van der Waals surface area contributed by atoms with Crippen LogP contribution in [0.15, 0.2) is 11.8 Å². The van der Waals surface area contributed by atoms with Gasteiger partial charge in [0, 0.05) is 19.9 Å². The average Bonchev–Trinajstić information content (AvgIpc) is 2.21. The van der Waals surface area contributed by atoms with Crippen LogP contribution in [-0.2, 0) is 9.53 Å². The minimum absolute atomic E-state index is 0.292. The molecule has 0 unspecified atom stereocenters. The third-order valence-electron chi connectivity index (χ3n) is 2.10. The molecule has 0 radical (unpaired) electrons. The Bertz CT molecular complexity index is 236. The van der Waals surface area contributed by atoms with Crippen molar-refractivity contribution >= 4 is 5.91 Å². The molecule has 4 nitrogen and oxygen atoms in total. The van der Waals surface area contributed by atoms with Crippen LogP contribution in [0.5, 0.6) is 0 Å². The van der Waals surface area contributed by atoms with E-state index in [4.69, 9.17) is 9.84 Å². The second kappa shape index (κ2) is 8.30. The summed E-state index contributed by atoms with van der Waals surface area (Å²) in [5.74, 6) is 0.268. The van der Waals surface area contributed by atoms with Crippen LogP contribution in [0, 0.1) is 5.92 Å². The van der Waals surface area contributed by atoms with Crippen molar-refractivity contribution in [2.45, 2.75) is 27.2 Å². The first-order chi connectivity index (χ1) is 7.51. The molecule has 0 aliphatic carbocycles. The summed E-state index contributed by atoms with van der Waals surface area (Å²) in [6.45, 7) is 6.73. The topological polar surface area (TPSA) is 49.8 Å². The smallest absolute Gasteiger partial charge is 0.252 e. The Labute approximate surface area is 97.9 Å². The van der Waals surface area contributed by atoms with Crippen molar-refractivity contribution in [3.05, 3.63) is 11.8 Å². The Kier molecular flexibility index (Phi) is 7.85. The molecule has 0 rings (SSSR count). The SMILES string of the molecule is COCCN(C=C(C)CC(C)C)C(=O)CO. The van der Waals surface area contributed by atoms with Gasteiger partial charge in [-0.3, -0.25) is 4.79 Å². The average molecular weight is 229 g/mol. The molecule has 1 amide bonds. The molecular weight excluding hydrogens is 206 g/mol. The molecule has 0 aromatic carbocycles. The fourth-order valence-electron chi connectivity index (χ4n) is 1.50. The summed E-state index contributed by atoms with van der Waals surface area (Å²) in [4.78, 5) is 12.9. The number of carbonyl (C=O) groups is 1. The Morgan fingerprint density at radius 3 is 2.56 bits per heavy atom. The molecule has 0 bridgehead atoms. The third kappa shape index (κ3) is 6.58. The molecule has 0 saturated carbocycles. The Morgan fingerprint density at radius 2 is 2.12 bits per heavy atom. The van der Waals surface area contributed by atoms with Gasteiger partial charge in [0.2, 0.25) is 0 Å². The Morgan fingerprint density at radius 1 is 1.50 bits per heavy atom. The lowest BCUT2D eigenvalue weighted by molar-refractivity contribution is -0.132. The van der Waals surface area contributed by atoms with Crippen LogP contribution in [0.1, 0.15) is 27.2 Å². The first-order valence-electron chi connectivity index (χ1n) is 5.57. The van der Waals surface area contributed by atoms with Crippen molar-refractivity contribution in [2.75, 3.05) is 26.9 Å². The zero-order valence-corrected chi connectivity index (χ0v) is 10.7. The summed E-state index contributed by atoms with van der Waals surface area (Å²) in [5, 5.41) is 8.84. The van der Waals surface area contributed by atoms with E-state index < -0.39 is 6.61 Å². The summed E-state index contributed by atoms with van der Waals surface area (Å²) in [6.07, 6.45) is 2.75. The van der Waals surface area contributed by atoms with Gasteiger partial charge in [0.25, 0.3) is 5.91 Å². The van der Waals surface area contributed by atoms with Crippen molar-refractivity contribution in [3.8, 4) is 0 Å². The highest BCUT2D eigenvalue weighted by molar-refractivity contribution is 5.78. The number of carbonyl (C=O) groups excluding carboxylic acids is 1. The van der Waals surface area contributed by atoms with Crippen molar-refractivity contribution in [2.24, 2.45) is 5.92 Å². The van der Waals surface area contributed by atoms with Crippen molar-refractivity contribution in [1.82, 2.24) is 4.90 Å². The second-order valence-corrected chi connectivity index (χ2v) is 4.31. The van der Waals surface area contributed by atoms with Gasteiger partial charge in [0.05, 0.1) is 6.61 Å². The number of hydrogen-bond acceptors (Lipinski definition) is 3. The summed E-state index contributed by atoms with van der Waals surface area (Å²) in [6, 6.07) is 0. The number of rotatable bonds is 7. The highest BCUT2D eigenvalue weighted by atomic mass is 16.5. The number of aliphatic hydroxyl groups excluding tert-OH is 1. The van der Waals surface area contributed by atoms with Gasteiger partial charge in [-0.1, -0.05) is 19.4 Å². The summed E-state index contributed by atoms with van der Waals surface area (Å²) in [5.41, 5.74) is 1.13. The fourth-order valence-corrected chi connectivity index (χ4v) is 1.50. The molecule has 94 valence electrons. The minimum Gasteiger partial charge on any atom is -0.387 e. The van der Waals surface area contributed by atoms with Gasteiger partial charge in [-0.15, -0.1) is 0 Å². The van der Waals surface area contributed by atoms with E-state index in [2.05, 4.69) is 13.8 Å². The minimum atomic E-state index is -0.463. The highest BCUT2D eigenvalue weighted by Gasteiger charge is 2.10. The number of aliphatic hydroxyl groups is 1. The molecule has 0 fully saturated rings. The number of methoxy groups -OCH3 is 1. The Balaban J connectivity index is 4.44. The van der Waals surface area contributed by atoms with Gasteiger partial charge in [-0.2, -0.15) is 0 Å².